The number of amides is 1. The molecule has 1 aromatic heterocycles. The van der Waals surface area contributed by atoms with Crippen LogP contribution in [0.5, 0.6) is 0 Å². The number of rotatable bonds is 4. The number of hydrogen-bond donors (Lipinski definition) is 2. The molecule has 2 rings (SSSR count). The number of nitrogens with one attached hydrogen (secondary N) is 1. The van der Waals surface area contributed by atoms with Crippen molar-refractivity contribution in [2.24, 2.45) is 18.7 Å². The first-order valence-corrected chi connectivity index (χ1v) is 7.24. The van der Waals surface area contributed by atoms with Crippen molar-refractivity contribution in [2.45, 2.75) is 31.7 Å². The van der Waals surface area contributed by atoms with Crippen LogP contribution in [0.1, 0.15) is 36.2 Å². The number of nitrogens with two attached hydrogens (primary N) is 1. The Bertz CT molecular complexity index is 424. The molecule has 3 N–H and O–H groups in total. The number of hydrogen-bond acceptors (Lipinski definition) is 2. The molecule has 1 amide bonds. The summed E-state index contributed by atoms with van der Waals surface area (Å²) in [6, 6.07) is 1.94. The van der Waals surface area contributed by atoms with Gasteiger partial charge in [0.05, 0.1) is 0 Å². The van der Waals surface area contributed by atoms with Crippen molar-refractivity contribution in [1.29, 1.82) is 0 Å². The standard InChI is InChI=1S/C13H20BrN3O/c1-17-8-10(14)6-12(17)13(18)16-11(7-15)9-4-2-3-5-9/h6,8-9,11H,2-5,7,15H2,1H3,(H,16,18). The highest BCUT2D eigenvalue weighted by Crippen LogP contribution is 2.27. The number of aryl methyl sites for hydroxylation is 1. The van der Waals surface area contributed by atoms with E-state index in [1.807, 2.05) is 23.9 Å². The van der Waals surface area contributed by atoms with Crippen LogP contribution < -0.4 is 11.1 Å². The monoisotopic (exact) mass is 313 g/mol. The summed E-state index contributed by atoms with van der Waals surface area (Å²) in [7, 11) is 1.87. The first-order valence-electron chi connectivity index (χ1n) is 6.44. The fourth-order valence-corrected chi connectivity index (χ4v) is 3.25. The van der Waals surface area contributed by atoms with E-state index in [9.17, 15) is 4.79 Å². The van der Waals surface area contributed by atoms with Crippen LogP contribution >= 0.6 is 15.9 Å². The number of aromatic nitrogens is 1. The summed E-state index contributed by atoms with van der Waals surface area (Å²) >= 11 is 3.38. The molecule has 5 heteroatoms. The number of nitrogens with zero attached hydrogens (tertiary/aromatic N) is 1. The van der Waals surface area contributed by atoms with Crippen molar-refractivity contribution >= 4 is 21.8 Å². The first-order chi connectivity index (χ1) is 8.61. The predicted molar refractivity (Wildman–Crippen MR) is 75.4 cm³/mol. The molecule has 1 aliphatic carbocycles. The Labute approximate surface area is 116 Å². The minimum absolute atomic E-state index is 0.0365. The van der Waals surface area contributed by atoms with Crippen molar-refractivity contribution in [1.82, 2.24) is 9.88 Å². The molecule has 0 spiro atoms. The quantitative estimate of drug-likeness (QED) is 0.893. The van der Waals surface area contributed by atoms with Crippen LogP contribution in [-0.4, -0.2) is 23.1 Å². The molecule has 0 saturated heterocycles. The van der Waals surface area contributed by atoms with Gasteiger partial charge in [-0.15, -0.1) is 0 Å². The van der Waals surface area contributed by atoms with E-state index >= 15 is 0 Å². The molecule has 1 atom stereocenters. The zero-order valence-corrected chi connectivity index (χ0v) is 12.2. The minimum atomic E-state index is -0.0365. The maximum Gasteiger partial charge on any atom is 0.268 e. The lowest BCUT2D eigenvalue weighted by Gasteiger charge is -2.23. The van der Waals surface area contributed by atoms with Crippen molar-refractivity contribution in [3.8, 4) is 0 Å². The molecule has 4 nitrogen and oxygen atoms in total. The number of halogens is 1. The molecule has 1 saturated carbocycles. The van der Waals surface area contributed by atoms with Gasteiger partial charge in [-0.2, -0.15) is 0 Å². The molecule has 0 bridgehead atoms. The summed E-state index contributed by atoms with van der Waals surface area (Å²) in [5.74, 6) is 0.508. The summed E-state index contributed by atoms with van der Waals surface area (Å²) in [6.45, 7) is 0.516. The van der Waals surface area contributed by atoms with Crippen LogP contribution in [0.4, 0.5) is 0 Å². The van der Waals surface area contributed by atoms with Gasteiger partial charge >= 0.3 is 0 Å². The largest absolute Gasteiger partial charge is 0.346 e. The third-order valence-electron chi connectivity index (χ3n) is 3.74. The van der Waals surface area contributed by atoms with E-state index in [1.54, 1.807) is 0 Å². The van der Waals surface area contributed by atoms with Crippen LogP contribution in [0.2, 0.25) is 0 Å². The Morgan fingerprint density at radius 1 is 1.61 bits per heavy atom. The van der Waals surface area contributed by atoms with E-state index in [1.165, 1.54) is 25.7 Å². The third kappa shape index (κ3) is 2.95. The van der Waals surface area contributed by atoms with Gasteiger partial charge in [-0.05, 0) is 40.8 Å². The van der Waals surface area contributed by atoms with E-state index in [0.29, 0.717) is 18.2 Å². The van der Waals surface area contributed by atoms with Crippen molar-refractivity contribution in [3.05, 3.63) is 22.4 Å². The normalized spacial score (nSPS) is 17.9. The Balaban J connectivity index is 2.03. The Kier molecular flexibility index (Phi) is 4.45. The molecule has 18 heavy (non-hydrogen) atoms. The molecule has 100 valence electrons. The third-order valence-corrected chi connectivity index (χ3v) is 4.18. The summed E-state index contributed by atoms with van der Waals surface area (Å²) in [4.78, 5) is 12.2. The second kappa shape index (κ2) is 5.89. The minimum Gasteiger partial charge on any atom is -0.346 e. The van der Waals surface area contributed by atoms with Crippen LogP contribution in [0.15, 0.2) is 16.7 Å². The smallest absolute Gasteiger partial charge is 0.268 e. The van der Waals surface area contributed by atoms with E-state index < -0.39 is 0 Å². The second-order valence-electron chi connectivity index (χ2n) is 5.01. The van der Waals surface area contributed by atoms with Crippen molar-refractivity contribution < 1.29 is 4.79 Å². The fourth-order valence-electron chi connectivity index (χ4n) is 2.72. The summed E-state index contributed by atoms with van der Waals surface area (Å²) in [5, 5.41) is 3.07. The average molecular weight is 314 g/mol. The van der Waals surface area contributed by atoms with Crippen LogP contribution in [0, 0.1) is 5.92 Å². The Morgan fingerprint density at radius 2 is 2.28 bits per heavy atom. The lowest BCUT2D eigenvalue weighted by molar-refractivity contribution is 0.0916. The van der Waals surface area contributed by atoms with Crippen LogP contribution in [0.25, 0.3) is 0 Å². The zero-order chi connectivity index (χ0) is 13.1. The van der Waals surface area contributed by atoms with E-state index in [2.05, 4.69) is 21.2 Å². The predicted octanol–water partition coefficient (Wildman–Crippen LogP) is 2.03. The van der Waals surface area contributed by atoms with Gasteiger partial charge in [-0.1, -0.05) is 12.8 Å². The molecule has 1 fully saturated rings. The van der Waals surface area contributed by atoms with Crippen LogP contribution in [-0.2, 0) is 7.05 Å². The van der Waals surface area contributed by atoms with Gasteiger partial charge in [0.2, 0.25) is 0 Å². The summed E-state index contributed by atoms with van der Waals surface area (Å²) in [5.41, 5.74) is 6.46. The van der Waals surface area contributed by atoms with Gasteiger partial charge in [0.1, 0.15) is 5.69 Å². The van der Waals surface area contributed by atoms with E-state index in [0.717, 1.165) is 4.47 Å². The molecular weight excluding hydrogens is 294 g/mol. The summed E-state index contributed by atoms with van der Waals surface area (Å²) in [6.07, 6.45) is 6.75. The van der Waals surface area contributed by atoms with E-state index in [-0.39, 0.29) is 11.9 Å². The van der Waals surface area contributed by atoms with Crippen LogP contribution in [0.3, 0.4) is 0 Å². The van der Waals surface area contributed by atoms with Gasteiger partial charge in [0, 0.05) is 30.3 Å². The van der Waals surface area contributed by atoms with Crippen molar-refractivity contribution in [2.75, 3.05) is 6.54 Å². The van der Waals surface area contributed by atoms with Gasteiger partial charge in [-0.25, -0.2) is 0 Å². The molecular formula is C13H20BrN3O. The number of carbonyl (C=O) groups is 1. The summed E-state index contributed by atoms with van der Waals surface area (Å²) < 4.78 is 2.74. The molecule has 0 aromatic carbocycles. The Hall–Kier alpha value is -0.810. The zero-order valence-electron chi connectivity index (χ0n) is 10.7. The molecule has 0 radical (unpaired) electrons. The SMILES string of the molecule is Cn1cc(Br)cc1C(=O)NC(CN)C1CCCC1. The fraction of sp³-hybridized carbons (Fsp3) is 0.615. The van der Waals surface area contributed by atoms with Gasteiger partial charge in [0.15, 0.2) is 0 Å². The van der Waals surface area contributed by atoms with Gasteiger partial charge in [0.25, 0.3) is 5.91 Å². The first kappa shape index (κ1) is 13.6. The van der Waals surface area contributed by atoms with Crippen molar-refractivity contribution in [3.63, 3.8) is 0 Å². The van der Waals surface area contributed by atoms with Gasteiger partial charge < -0.3 is 15.6 Å². The lowest BCUT2D eigenvalue weighted by atomic mass is 9.98. The molecule has 0 aliphatic heterocycles. The topological polar surface area (TPSA) is 60.0 Å². The lowest BCUT2D eigenvalue weighted by Crippen LogP contribution is -2.45. The highest BCUT2D eigenvalue weighted by Gasteiger charge is 2.26. The maximum absolute atomic E-state index is 12.2. The number of carbonyl (C=O) groups excluding carboxylic acids is 1. The highest BCUT2D eigenvalue weighted by molar-refractivity contribution is 9.10. The molecule has 1 heterocycles. The Morgan fingerprint density at radius 3 is 2.78 bits per heavy atom. The molecule has 1 unspecified atom stereocenters. The van der Waals surface area contributed by atoms with E-state index in [4.69, 9.17) is 5.73 Å². The highest BCUT2D eigenvalue weighted by atomic mass is 79.9. The second-order valence-corrected chi connectivity index (χ2v) is 5.93. The maximum atomic E-state index is 12.2. The molecule has 1 aromatic rings. The molecule has 1 aliphatic rings. The average Bonchev–Trinajstić information content (AvgIpc) is 2.95. The van der Waals surface area contributed by atoms with Gasteiger partial charge in [-0.3, -0.25) is 4.79 Å².